The van der Waals surface area contributed by atoms with E-state index < -0.39 is 0 Å². The van der Waals surface area contributed by atoms with Gasteiger partial charge in [0.15, 0.2) is 0 Å². The first-order valence-corrected chi connectivity index (χ1v) is 7.20. The molecule has 1 aliphatic rings. The van der Waals surface area contributed by atoms with E-state index in [9.17, 15) is 0 Å². The van der Waals surface area contributed by atoms with Gasteiger partial charge < -0.3 is 5.32 Å². The molecule has 1 aliphatic heterocycles. The highest BCUT2D eigenvalue weighted by Crippen LogP contribution is 2.25. The smallest absolute Gasteiger partial charge is 0.0321 e. The Morgan fingerprint density at radius 2 is 1.95 bits per heavy atom. The second-order valence-electron chi connectivity index (χ2n) is 5.63. The molecular formula is C17H22N2. The maximum Gasteiger partial charge on any atom is 0.0321 e. The summed E-state index contributed by atoms with van der Waals surface area (Å²) < 4.78 is 0. The second-order valence-corrected chi connectivity index (χ2v) is 5.63. The third kappa shape index (κ3) is 2.65. The van der Waals surface area contributed by atoms with Crippen molar-refractivity contribution in [1.82, 2.24) is 10.2 Å². The minimum Gasteiger partial charge on any atom is -0.312 e. The van der Waals surface area contributed by atoms with Gasteiger partial charge in [-0.2, -0.15) is 0 Å². The van der Waals surface area contributed by atoms with Crippen LogP contribution < -0.4 is 5.32 Å². The van der Waals surface area contributed by atoms with Gasteiger partial charge in [-0.1, -0.05) is 36.4 Å². The van der Waals surface area contributed by atoms with Crippen LogP contribution in [0.3, 0.4) is 0 Å². The van der Waals surface area contributed by atoms with Crippen molar-refractivity contribution in [2.24, 2.45) is 0 Å². The second kappa shape index (κ2) is 5.32. The van der Waals surface area contributed by atoms with Crippen molar-refractivity contribution in [3.63, 3.8) is 0 Å². The molecule has 0 spiro atoms. The normalized spacial score (nSPS) is 22.5. The number of benzene rings is 2. The van der Waals surface area contributed by atoms with Crippen LogP contribution in [0.2, 0.25) is 0 Å². The SMILES string of the molecule is CC1CN(C(C)c2ccc3ccccc3c2)CCN1. The maximum atomic E-state index is 3.51. The summed E-state index contributed by atoms with van der Waals surface area (Å²) >= 11 is 0. The van der Waals surface area contributed by atoms with E-state index in [0.717, 1.165) is 19.6 Å². The van der Waals surface area contributed by atoms with Gasteiger partial charge in [-0.15, -0.1) is 0 Å². The van der Waals surface area contributed by atoms with Crippen LogP contribution in [0.15, 0.2) is 42.5 Å². The van der Waals surface area contributed by atoms with Crippen LogP contribution in [-0.4, -0.2) is 30.6 Å². The lowest BCUT2D eigenvalue weighted by atomic mass is 10.0. The average Bonchev–Trinajstić information content (AvgIpc) is 2.46. The molecule has 2 unspecified atom stereocenters. The van der Waals surface area contributed by atoms with Crippen LogP contribution in [0.1, 0.15) is 25.5 Å². The molecule has 0 saturated carbocycles. The van der Waals surface area contributed by atoms with Crippen LogP contribution in [0.4, 0.5) is 0 Å². The fraction of sp³-hybridized carbons (Fsp3) is 0.412. The molecule has 0 radical (unpaired) electrons. The van der Waals surface area contributed by atoms with Crippen molar-refractivity contribution < 1.29 is 0 Å². The van der Waals surface area contributed by atoms with Gasteiger partial charge in [0, 0.05) is 31.7 Å². The molecule has 1 saturated heterocycles. The molecule has 2 aromatic rings. The van der Waals surface area contributed by atoms with Crippen LogP contribution >= 0.6 is 0 Å². The minimum atomic E-state index is 0.495. The molecule has 2 nitrogen and oxygen atoms in total. The summed E-state index contributed by atoms with van der Waals surface area (Å²) in [5, 5.41) is 6.17. The van der Waals surface area contributed by atoms with Gasteiger partial charge in [0.25, 0.3) is 0 Å². The summed E-state index contributed by atoms with van der Waals surface area (Å²) in [4.78, 5) is 2.57. The lowest BCUT2D eigenvalue weighted by molar-refractivity contribution is 0.159. The molecule has 1 heterocycles. The zero-order chi connectivity index (χ0) is 13.2. The van der Waals surface area contributed by atoms with Crippen molar-refractivity contribution >= 4 is 10.8 Å². The lowest BCUT2D eigenvalue weighted by Gasteiger charge is -2.36. The first-order valence-electron chi connectivity index (χ1n) is 7.20. The van der Waals surface area contributed by atoms with Gasteiger partial charge in [0.1, 0.15) is 0 Å². The van der Waals surface area contributed by atoms with Gasteiger partial charge in [0.2, 0.25) is 0 Å². The molecule has 2 heteroatoms. The Balaban J connectivity index is 1.86. The third-order valence-corrected chi connectivity index (χ3v) is 4.20. The Kier molecular flexibility index (Phi) is 3.54. The Bertz CT molecular complexity index is 564. The molecule has 0 amide bonds. The van der Waals surface area contributed by atoms with Crippen LogP contribution in [0.25, 0.3) is 10.8 Å². The molecular weight excluding hydrogens is 232 g/mol. The van der Waals surface area contributed by atoms with E-state index in [0.29, 0.717) is 12.1 Å². The monoisotopic (exact) mass is 254 g/mol. The summed E-state index contributed by atoms with van der Waals surface area (Å²) in [6, 6.07) is 16.5. The fourth-order valence-corrected chi connectivity index (χ4v) is 2.99. The highest BCUT2D eigenvalue weighted by atomic mass is 15.2. The van der Waals surface area contributed by atoms with Crippen LogP contribution in [0.5, 0.6) is 0 Å². The maximum absolute atomic E-state index is 3.51. The van der Waals surface area contributed by atoms with Gasteiger partial charge in [-0.3, -0.25) is 4.90 Å². The number of piperazine rings is 1. The molecule has 2 aromatic carbocycles. The molecule has 0 aliphatic carbocycles. The number of fused-ring (bicyclic) bond motifs is 1. The summed E-state index contributed by atoms with van der Waals surface area (Å²) in [6.07, 6.45) is 0. The fourth-order valence-electron chi connectivity index (χ4n) is 2.99. The van der Waals surface area contributed by atoms with Gasteiger partial charge in [-0.05, 0) is 36.2 Å². The van der Waals surface area contributed by atoms with Crippen molar-refractivity contribution in [2.45, 2.75) is 25.9 Å². The lowest BCUT2D eigenvalue weighted by Crippen LogP contribution is -2.49. The largest absolute Gasteiger partial charge is 0.312 e. The molecule has 2 atom stereocenters. The van der Waals surface area contributed by atoms with E-state index in [4.69, 9.17) is 0 Å². The van der Waals surface area contributed by atoms with E-state index in [2.05, 4.69) is 66.5 Å². The highest BCUT2D eigenvalue weighted by molar-refractivity contribution is 5.83. The molecule has 0 aromatic heterocycles. The zero-order valence-corrected chi connectivity index (χ0v) is 11.8. The number of nitrogens with zero attached hydrogens (tertiary/aromatic N) is 1. The predicted octanol–water partition coefficient (Wildman–Crippen LogP) is 3.19. The van der Waals surface area contributed by atoms with Crippen LogP contribution in [-0.2, 0) is 0 Å². The zero-order valence-electron chi connectivity index (χ0n) is 11.8. The summed E-state index contributed by atoms with van der Waals surface area (Å²) in [7, 11) is 0. The predicted molar refractivity (Wildman–Crippen MR) is 81.4 cm³/mol. The first kappa shape index (κ1) is 12.6. The van der Waals surface area contributed by atoms with Gasteiger partial charge in [-0.25, -0.2) is 0 Å². The Morgan fingerprint density at radius 3 is 2.74 bits per heavy atom. The van der Waals surface area contributed by atoms with Crippen molar-refractivity contribution in [1.29, 1.82) is 0 Å². The van der Waals surface area contributed by atoms with Gasteiger partial charge in [0.05, 0.1) is 0 Å². The number of rotatable bonds is 2. The molecule has 19 heavy (non-hydrogen) atoms. The number of hydrogen-bond acceptors (Lipinski definition) is 2. The highest BCUT2D eigenvalue weighted by Gasteiger charge is 2.21. The van der Waals surface area contributed by atoms with Crippen molar-refractivity contribution in [2.75, 3.05) is 19.6 Å². The topological polar surface area (TPSA) is 15.3 Å². The summed E-state index contributed by atoms with van der Waals surface area (Å²) in [6.45, 7) is 7.95. The van der Waals surface area contributed by atoms with E-state index in [-0.39, 0.29) is 0 Å². The Hall–Kier alpha value is -1.38. The standard InChI is InChI=1S/C17H22N2/c1-13-12-19(10-9-18-13)14(2)16-8-7-15-5-3-4-6-17(15)11-16/h3-8,11,13-14,18H,9-10,12H2,1-2H3. The quantitative estimate of drug-likeness (QED) is 0.885. The Morgan fingerprint density at radius 1 is 1.16 bits per heavy atom. The van der Waals surface area contributed by atoms with Gasteiger partial charge >= 0.3 is 0 Å². The molecule has 1 N–H and O–H groups in total. The van der Waals surface area contributed by atoms with E-state index in [1.54, 1.807) is 0 Å². The third-order valence-electron chi connectivity index (χ3n) is 4.20. The van der Waals surface area contributed by atoms with Crippen LogP contribution in [0, 0.1) is 0 Å². The molecule has 0 bridgehead atoms. The van der Waals surface area contributed by atoms with E-state index in [1.165, 1.54) is 16.3 Å². The Labute approximate surface area is 115 Å². The summed E-state index contributed by atoms with van der Waals surface area (Å²) in [5.74, 6) is 0. The van der Waals surface area contributed by atoms with E-state index >= 15 is 0 Å². The molecule has 1 fully saturated rings. The summed E-state index contributed by atoms with van der Waals surface area (Å²) in [5.41, 5.74) is 1.42. The van der Waals surface area contributed by atoms with Crippen molar-refractivity contribution in [3.8, 4) is 0 Å². The van der Waals surface area contributed by atoms with E-state index in [1.807, 2.05) is 0 Å². The first-order chi connectivity index (χ1) is 9.24. The number of nitrogens with one attached hydrogen (secondary N) is 1. The minimum absolute atomic E-state index is 0.495. The van der Waals surface area contributed by atoms with Crippen molar-refractivity contribution in [3.05, 3.63) is 48.0 Å². The number of hydrogen-bond donors (Lipinski definition) is 1. The molecule has 100 valence electrons. The molecule has 3 rings (SSSR count). The average molecular weight is 254 g/mol.